The predicted molar refractivity (Wildman–Crippen MR) is 54.1 cm³/mol. The molecule has 0 aromatic carbocycles. The Hall–Kier alpha value is -0.870. The van der Waals surface area contributed by atoms with Crippen LogP contribution in [0.4, 0.5) is 0 Å². The summed E-state index contributed by atoms with van der Waals surface area (Å²) in [4.78, 5) is 0. The van der Waals surface area contributed by atoms with Crippen molar-refractivity contribution in [1.29, 1.82) is 0 Å². The molecule has 1 saturated heterocycles. The van der Waals surface area contributed by atoms with E-state index in [1.54, 1.807) is 0 Å². The van der Waals surface area contributed by atoms with Gasteiger partial charge in [-0.25, -0.2) is 0 Å². The van der Waals surface area contributed by atoms with E-state index < -0.39 is 0 Å². The zero-order valence-electron chi connectivity index (χ0n) is 8.57. The van der Waals surface area contributed by atoms with Crippen molar-refractivity contribution < 1.29 is 4.74 Å². The van der Waals surface area contributed by atoms with Crippen molar-refractivity contribution in [3.63, 3.8) is 0 Å². The average molecular weight is 195 g/mol. The van der Waals surface area contributed by atoms with Gasteiger partial charge in [-0.1, -0.05) is 0 Å². The van der Waals surface area contributed by atoms with Gasteiger partial charge in [0.15, 0.2) is 0 Å². The van der Waals surface area contributed by atoms with E-state index >= 15 is 0 Å². The molecule has 78 valence electrons. The maximum Gasteiger partial charge on any atom is 0.0711 e. The quantitative estimate of drug-likeness (QED) is 0.753. The summed E-state index contributed by atoms with van der Waals surface area (Å²) in [5.41, 5.74) is 1.25. The van der Waals surface area contributed by atoms with Crippen molar-refractivity contribution in [1.82, 2.24) is 15.1 Å². The summed E-state index contributed by atoms with van der Waals surface area (Å²) in [5, 5.41) is 7.40. The van der Waals surface area contributed by atoms with Crippen LogP contribution in [-0.2, 0) is 18.2 Å². The van der Waals surface area contributed by atoms with Gasteiger partial charge in [-0.3, -0.25) is 4.68 Å². The van der Waals surface area contributed by atoms with Crippen LogP contribution in [0, 0.1) is 0 Å². The topological polar surface area (TPSA) is 39.1 Å². The molecule has 1 aliphatic heterocycles. The molecule has 0 radical (unpaired) electrons. The lowest BCUT2D eigenvalue weighted by molar-refractivity contribution is 0.0694. The Labute approximate surface area is 84.3 Å². The Balaban J connectivity index is 1.67. The average Bonchev–Trinajstić information content (AvgIpc) is 2.77. The van der Waals surface area contributed by atoms with Gasteiger partial charge in [-0.15, -0.1) is 0 Å². The molecule has 0 saturated carbocycles. The molecule has 0 spiro atoms. The molecule has 4 nitrogen and oxygen atoms in total. The predicted octanol–water partition coefficient (Wildman–Crippen LogP) is 0.341. The summed E-state index contributed by atoms with van der Waals surface area (Å²) in [6.07, 6.45) is 6.47. The van der Waals surface area contributed by atoms with Gasteiger partial charge in [-0.2, -0.15) is 5.10 Å². The van der Waals surface area contributed by atoms with Gasteiger partial charge in [0.05, 0.1) is 18.9 Å². The normalized spacial score (nSPS) is 21.6. The zero-order chi connectivity index (χ0) is 9.80. The smallest absolute Gasteiger partial charge is 0.0711 e. The summed E-state index contributed by atoms with van der Waals surface area (Å²) in [6, 6.07) is 0. The second-order valence-electron chi connectivity index (χ2n) is 3.76. The van der Waals surface area contributed by atoms with Gasteiger partial charge in [0.2, 0.25) is 0 Å². The fourth-order valence-electron chi connectivity index (χ4n) is 1.71. The lowest BCUT2D eigenvalue weighted by Gasteiger charge is -2.08. The standard InChI is InChI=1S/C10H17N3O/c1-13-8-9(6-12-13)3-5-14-10-2-4-11-7-10/h6,8,10-11H,2-5,7H2,1H3. The molecule has 4 heteroatoms. The van der Waals surface area contributed by atoms with Gasteiger partial charge in [-0.05, 0) is 24.9 Å². The van der Waals surface area contributed by atoms with Crippen LogP contribution in [0.3, 0.4) is 0 Å². The number of aromatic nitrogens is 2. The highest BCUT2D eigenvalue weighted by atomic mass is 16.5. The van der Waals surface area contributed by atoms with Crippen molar-refractivity contribution in [3.05, 3.63) is 18.0 Å². The first-order valence-electron chi connectivity index (χ1n) is 5.14. The summed E-state index contributed by atoms with van der Waals surface area (Å²) in [5.74, 6) is 0. The third kappa shape index (κ3) is 2.56. The molecule has 0 bridgehead atoms. The highest BCUT2D eigenvalue weighted by molar-refractivity contribution is 5.03. The van der Waals surface area contributed by atoms with Gasteiger partial charge in [0.25, 0.3) is 0 Å². The van der Waals surface area contributed by atoms with E-state index in [0.29, 0.717) is 6.10 Å². The SMILES string of the molecule is Cn1cc(CCOC2CCNC2)cn1. The van der Waals surface area contributed by atoms with Crippen molar-refractivity contribution in [2.45, 2.75) is 18.9 Å². The van der Waals surface area contributed by atoms with E-state index in [4.69, 9.17) is 4.74 Å². The number of nitrogens with one attached hydrogen (secondary N) is 1. The summed E-state index contributed by atoms with van der Waals surface area (Å²) in [7, 11) is 1.94. The van der Waals surface area contributed by atoms with Crippen LogP contribution in [0.25, 0.3) is 0 Å². The molecular weight excluding hydrogens is 178 g/mol. The van der Waals surface area contributed by atoms with Gasteiger partial charge in [0.1, 0.15) is 0 Å². The van der Waals surface area contributed by atoms with E-state index in [-0.39, 0.29) is 0 Å². The van der Waals surface area contributed by atoms with Crippen LogP contribution in [0.5, 0.6) is 0 Å². The molecule has 14 heavy (non-hydrogen) atoms. The van der Waals surface area contributed by atoms with Crippen molar-refractivity contribution in [2.24, 2.45) is 7.05 Å². The number of ether oxygens (including phenoxy) is 1. The fraction of sp³-hybridized carbons (Fsp3) is 0.700. The van der Waals surface area contributed by atoms with Crippen LogP contribution in [0.1, 0.15) is 12.0 Å². The van der Waals surface area contributed by atoms with Crippen LogP contribution >= 0.6 is 0 Å². The molecule has 0 amide bonds. The summed E-state index contributed by atoms with van der Waals surface area (Å²) in [6.45, 7) is 2.91. The van der Waals surface area contributed by atoms with Crippen LogP contribution in [0.15, 0.2) is 12.4 Å². The van der Waals surface area contributed by atoms with E-state index in [1.807, 2.05) is 24.1 Å². The molecular formula is C10H17N3O. The second-order valence-corrected chi connectivity index (χ2v) is 3.76. The van der Waals surface area contributed by atoms with Gasteiger partial charge in [0, 0.05) is 19.8 Å². The van der Waals surface area contributed by atoms with Gasteiger partial charge < -0.3 is 10.1 Å². The molecule has 2 heterocycles. The lowest BCUT2D eigenvalue weighted by atomic mass is 10.2. The van der Waals surface area contributed by atoms with E-state index in [2.05, 4.69) is 10.4 Å². The first kappa shape index (κ1) is 9.68. The number of hydrogen-bond donors (Lipinski definition) is 1. The third-order valence-electron chi connectivity index (χ3n) is 2.52. The maximum atomic E-state index is 5.72. The highest BCUT2D eigenvalue weighted by Gasteiger charge is 2.14. The number of hydrogen-bond acceptors (Lipinski definition) is 3. The molecule has 1 aromatic rings. The minimum Gasteiger partial charge on any atom is -0.377 e. The van der Waals surface area contributed by atoms with Crippen molar-refractivity contribution in [2.75, 3.05) is 19.7 Å². The Morgan fingerprint density at radius 2 is 2.64 bits per heavy atom. The minimum atomic E-state index is 0.423. The first-order chi connectivity index (χ1) is 6.84. The molecule has 2 rings (SSSR count). The summed E-state index contributed by atoms with van der Waals surface area (Å²) < 4.78 is 7.54. The number of aryl methyl sites for hydroxylation is 1. The number of nitrogens with zero attached hydrogens (tertiary/aromatic N) is 2. The fourth-order valence-corrected chi connectivity index (χ4v) is 1.71. The van der Waals surface area contributed by atoms with Crippen LogP contribution in [0.2, 0.25) is 0 Å². The van der Waals surface area contributed by atoms with Gasteiger partial charge >= 0.3 is 0 Å². The van der Waals surface area contributed by atoms with Crippen LogP contribution < -0.4 is 5.32 Å². The molecule has 1 unspecified atom stereocenters. The third-order valence-corrected chi connectivity index (χ3v) is 2.52. The zero-order valence-corrected chi connectivity index (χ0v) is 8.57. The Bertz CT molecular complexity index is 279. The molecule has 1 fully saturated rings. The molecule has 1 aliphatic rings. The van der Waals surface area contributed by atoms with E-state index in [1.165, 1.54) is 5.56 Å². The molecule has 0 aliphatic carbocycles. The number of rotatable bonds is 4. The molecule has 1 N–H and O–H groups in total. The van der Waals surface area contributed by atoms with Crippen molar-refractivity contribution in [3.8, 4) is 0 Å². The Morgan fingerprint density at radius 3 is 3.29 bits per heavy atom. The Kier molecular flexibility index (Phi) is 3.16. The van der Waals surface area contributed by atoms with E-state index in [0.717, 1.165) is 32.5 Å². The first-order valence-corrected chi connectivity index (χ1v) is 5.14. The maximum absolute atomic E-state index is 5.72. The monoisotopic (exact) mass is 195 g/mol. The molecule has 1 atom stereocenters. The largest absolute Gasteiger partial charge is 0.377 e. The lowest BCUT2D eigenvalue weighted by Crippen LogP contribution is -2.17. The minimum absolute atomic E-state index is 0.423. The van der Waals surface area contributed by atoms with Crippen LogP contribution in [-0.4, -0.2) is 35.6 Å². The highest BCUT2D eigenvalue weighted by Crippen LogP contribution is 2.04. The molecule has 1 aromatic heterocycles. The van der Waals surface area contributed by atoms with E-state index in [9.17, 15) is 0 Å². The van der Waals surface area contributed by atoms with Crippen molar-refractivity contribution >= 4 is 0 Å². The Morgan fingerprint density at radius 1 is 1.71 bits per heavy atom. The second kappa shape index (κ2) is 4.57. The summed E-state index contributed by atoms with van der Waals surface area (Å²) >= 11 is 0.